The van der Waals surface area contributed by atoms with E-state index in [9.17, 15) is 53.6 Å². The van der Waals surface area contributed by atoms with E-state index in [2.05, 4.69) is 84.6 Å². The number of pyridine rings is 6. The SMILES string of the molecule is CN1C=CN(c2[c-]cc(C#N)cc2)[CH-]1.CN1C=CN(c2[c-]cc(C#N)cc2)[CH-]1.FC(F)(F)c1n[n-]c(-c2ccccn2)n1.Fc1c[c-]c(-c2cccc(C3(c4cccc(-c5[c-]cc(F)cc5F)n4)c4ccccc4-c4ccccc43)n2)c(F)c1.Fc1c[c-]c(-c2ccccn2)c(F)c1.[C-]#[N+]c1c(F)c[c-]c(-c2cccc(C3(c4cccc(-c5[c-]cc(F)c(C#N)c5F)n4)c4ccccc4-c4ccccc43)n2)c1F.[Ir].[Ir].[Pt+2].[Pt+2]. The van der Waals surface area contributed by atoms with Crippen LogP contribution in [0, 0.1) is 155 Å². The minimum atomic E-state index is -4.57. The Morgan fingerprint density at radius 1 is 0.367 bits per heavy atom. The van der Waals surface area contributed by atoms with Crippen molar-refractivity contribution >= 4 is 17.1 Å². The molecule has 0 amide bonds. The molecule has 0 N–H and O–H groups in total. The third kappa shape index (κ3) is 22.7. The molecule has 0 saturated heterocycles. The predicted octanol–water partition coefficient (Wildman–Crippen LogP) is 24.8. The normalized spacial score (nSPS) is 12.4. The van der Waals surface area contributed by atoms with E-state index in [1.807, 2.05) is 193 Å². The van der Waals surface area contributed by atoms with Gasteiger partial charge in [0.05, 0.1) is 52.7 Å². The van der Waals surface area contributed by atoms with Crippen molar-refractivity contribution in [1.29, 1.82) is 15.8 Å². The summed E-state index contributed by atoms with van der Waals surface area (Å²) in [6.45, 7) is 11.1. The van der Waals surface area contributed by atoms with Crippen LogP contribution in [-0.2, 0) is 99.3 Å². The number of nitriles is 3. The van der Waals surface area contributed by atoms with Gasteiger partial charge in [0.2, 0.25) is 0 Å². The predicted molar refractivity (Wildman–Crippen MR) is 506 cm³/mol. The van der Waals surface area contributed by atoms with Gasteiger partial charge in [-0.15, -0.1) is 89.7 Å². The van der Waals surface area contributed by atoms with Gasteiger partial charge in [0, 0.05) is 117 Å². The molecule has 0 atom stereocenters. The van der Waals surface area contributed by atoms with Gasteiger partial charge in [0.1, 0.15) is 16.7 Å². The number of nitrogens with zero attached hydrogens (tertiary/aromatic N) is 17. The van der Waals surface area contributed by atoms with Crippen LogP contribution in [0.5, 0.6) is 0 Å². The molecule has 2 radical (unpaired) electrons. The second-order valence-corrected chi connectivity index (χ2v) is 31.5. The Kier molecular flexibility index (Phi) is 35.0. The van der Waals surface area contributed by atoms with Crippen LogP contribution in [-0.4, -0.2) is 63.9 Å². The van der Waals surface area contributed by atoms with Gasteiger partial charge in [-0.1, -0.05) is 215 Å². The van der Waals surface area contributed by atoms with Gasteiger partial charge in [-0.3, -0.25) is 78.8 Å². The van der Waals surface area contributed by atoms with Gasteiger partial charge in [-0.2, -0.15) is 68.2 Å². The van der Waals surface area contributed by atoms with Gasteiger partial charge in [0.25, 0.3) is 0 Å². The second-order valence-electron chi connectivity index (χ2n) is 31.5. The van der Waals surface area contributed by atoms with Crippen LogP contribution in [0.25, 0.3) is 94.9 Å². The molecule has 7 aromatic heterocycles. The first-order chi connectivity index (χ1) is 69.3. The van der Waals surface area contributed by atoms with Crippen molar-refractivity contribution in [2.75, 3.05) is 23.9 Å². The van der Waals surface area contributed by atoms with Crippen molar-refractivity contribution in [3.8, 4) is 108 Å². The van der Waals surface area contributed by atoms with E-state index in [0.29, 0.717) is 39.6 Å². The number of rotatable bonds is 12. The fourth-order valence-corrected chi connectivity index (χ4v) is 16.4. The van der Waals surface area contributed by atoms with Crippen LogP contribution in [0.4, 0.5) is 74.1 Å². The number of benzene rings is 11. The molecule has 0 spiro atoms. The number of fused-ring (bicyclic) bond motifs is 6. The number of anilines is 2. The molecule has 2 aliphatic heterocycles. The number of halogens is 13. The van der Waals surface area contributed by atoms with Crippen LogP contribution in [0.3, 0.4) is 0 Å². The maximum atomic E-state index is 15.4. The molecular formula is C113H62F13Ir2N17Pt2-6. The number of aromatic nitrogens is 9. The van der Waals surface area contributed by atoms with Crippen LogP contribution >= 0.6 is 0 Å². The molecule has 9 heterocycles. The molecule has 147 heavy (non-hydrogen) atoms. The van der Waals surface area contributed by atoms with E-state index in [0.717, 1.165) is 104 Å². The summed E-state index contributed by atoms with van der Waals surface area (Å²) in [6, 6.07) is 104. The number of alkyl halides is 3. The fraction of sp³-hybridized carbons (Fsp3) is 0.0442. The largest absolute Gasteiger partial charge is 2.00 e. The van der Waals surface area contributed by atoms with Crippen LogP contribution in [0.2, 0.25) is 0 Å². The Labute approximate surface area is 890 Å². The van der Waals surface area contributed by atoms with Gasteiger partial charge in [0.15, 0.2) is 5.69 Å². The van der Waals surface area contributed by atoms with Crippen molar-refractivity contribution < 1.29 is 139 Å². The minimum absolute atomic E-state index is 0. The van der Waals surface area contributed by atoms with E-state index in [4.69, 9.17) is 37.0 Å². The van der Waals surface area contributed by atoms with E-state index >= 15 is 8.78 Å². The Morgan fingerprint density at radius 2 is 0.714 bits per heavy atom. The Balaban J connectivity index is 0.000000159. The first-order valence-electron chi connectivity index (χ1n) is 43.0. The summed E-state index contributed by atoms with van der Waals surface area (Å²) in [5, 5.41) is 32.8. The van der Waals surface area contributed by atoms with Crippen molar-refractivity contribution in [2.24, 2.45) is 0 Å². The van der Waals surface area contributed by atoms with Gasteiger partial charge in [-0.25, -0.2) is 10.5 Å². The smallest absolute Gasteiger partial charge is 0.510 e. The second kappa shape index (κ2) is 47.6. The Hall–Kier alpha value is -16.1. The molecule has 0 bridgehead atoms. The summed E-state index contributed by atoms with van der Waals surface area (Å²) in [7, 11) is 3.92. The van der Waals surface area contributed by atoms with Crippen molar-refractivity contribution in [1.82, 2.24) is 54.9 Å². The topological polar surface area (TPSA) is 206 Å². The van der Waals surface area contributed by atoms with E-state index in [-0.39, 0.29) is 144 Å². The van der Waals surface area contributed by atoms with Crippen LogP contribution < -0.4 is 14.9 Å². The fourth-order valence-electron chi connectivity index (χ4n) is 16.4. The molecule has 17 nitrogen and oxygen atoms in total. The first-order valence-corrected chi connectivity index (χ1v) is 43.0. The molecule has 0 saturated carbocycles. The Bertz CT molecular complexity index is 7710. The van der Waals surface area contributed by atoms with Crippen molar-refractivity contribution in [3.63, 3.8) is 0 Å². The summed E-state index contributed by atoms with van der Waals surface area (Å²) in [6.07, 6.45) is 6.21. The summed E-state index contributed by atoms with van der Waals surface area (Å²) >= 11 is 0. The van der Waals surface area contributed by atoms with Crippen LogP contribution in [0.1, 0.15) is 67.5 Å². The number of hydrogen-bond donors (Lipinski definition) is 0. The molecule has 18 aromatic rings. The average molecular weight is 2680 g/mol. The average Bonchev–Trinajstić information content (AvgIpc) is 1.54. The standard InChI is InChI=1S/C37H16F4N4.C35H18F4N2.C11H6F2N.2C11H9N3.C8H4F3N4.2Ir.2Pt/c1-43-36-29(39)19-17-24(35(36)41)31-13-7-15-33(45-31)37(26-10-4-2-8-21(26)22-9-3-5-11-27(22)37)32-14-6-12-30(44-32)23-16-18-28(38)25(20-42)34(23)40;36-21-15-17-25(29(38)19-21)31-11-5-13-33(40-31)35(27-9-3-1-7-23(27)24-8-2-4-10-28(24)35)34-14-6-12-32(41-34)26-18-16-22(37)20-30(26)39;12-8-4-5-9(10(13)7-8)11-3-1-2-6-14-11;2*1-13-6-7-14(9-13)11-4-2-10(8-12)3-5-11;9-8(10,11)7-13-6(14-15-7)5-3-1-2-4-12-5;;;;/h2-15,18-19H;1-16,19-20H;1-4,6-7H;2*2-4,6-7,9H,1H3;1-4H;;;;/q2*-2;-1;2*-2;-1;;;2*+2. The molecule has 34 heteroatoms. The maximum Gasteiger partial charge on any atom is 2.00 e. The zero-order valence-electron chi connectivity index (χ0n) is 75.6. The zero-order valence-corrected chi connectivity index (χ0v) is 85.0. The number of hydrogen-bond acceptors (Lipinski definition) is 15. The molecule has 2 aliphatic carbocycles. The third-order valence-corrected chi connectivity index (χ3v) is 22.7. The monoisotopic (exact) mass is 2680 g/mol. The van der Waals surface area contributed by atoms with Gasteiger partial charge in [-0.05, 0) is 160 Å². The quantitative estimate of drug-likeness (QED) is 0.0823. The van der Waals surface area contributed by atoms with E-state index < -0.39 is 92.3 Å². The van der Waals surface area contributed by atoms with Crippen molar-refractivity contribution in [2.45, 2.75) is 17.0 Å². The third-order valence-electron chi connectivity index (χ3n) is 22.7. The summed E-state index contributed by atoms with van der Waals surface area (Å²) in [4.78, 5) is 41.4. The minimum Gasteiger partial charge on any atom is -0.510 e. The molecule has 11 aromatic carbocycles. The van der Waals surface area contributed by atoms with E-state index in [1.54, 1.807) is 121 Å². The zero-order chi connectivity index (χ0) is 100. The molecule has 4 aliphatic rings. The summed E-state index contributed by atoms with van der Waals surface area (Å²) in [5.41, 5.74) is 9.76. The molecule has 22 rings (SSSR count). The molecule has 734 valence electrons. The molecule has 0 fully saturated rings. The summed E-state index contributed by atoms with van der Waals surface area (Å²) in [5.74, 6) is -9.89. The van der Waals surface area contributed by atoms with E-state index in [1.165, 1.54) is 18.3 Å². The Morgan fingerprint density at radius 3 is 1.04 bits per heavy atom. The molecular weight excluding hydrogens is 2620 g/mol. The van der Waals surface area contributed by atoms with Crippen molar-refractivity contribution in [3.05, 3.63) is 521 Å². The first kappa shape index (κ1) is 108. The maximum absolute atomic E-state index is 15.4. The van der Waals surface area contributed by atoms with Crippen LogP contribution in [0.15, 0.2) is 328 Å². The molecule has 0 unspecified atom stereocenters. The van der Waals surface area contributed by atoms with Gasteiger partial charge >= 0.3 is 48.3 Å². The van der Waals surface area contributed by atoms with Gasteiger partial charge < -0.3 is 34.7 Å². The summed E-state index contributed by atoms with van der Waals surface area (Å²) < 4.78 is 178.